The molecule has 2 fully saturated rings. The molecule has 4 rings (SSSR count). The van der Waals surface area contributed by atoms with Gasteiger partial charge in [0.15, 0.2) is 0 Å². The van der Waals surface area contributed by atoms with E-state index < -0.39 is 6.36 Å². The maximum absolute atomic E-state index is 12.7. The number of amides is 2. The molecule has 2 amide bonds. The molecule has 2 heterocycles. The van der Waals surface area contributed by atoms with Gasteiger partial charge in [0, 0.05) is 24.2 Å². The molecule has 0 unspecified atom stereocenters. The highest BCUT2D eigenvalue weighted by molar-refractivity contribution is 7.12. The fourth-order valence-electron chi connectivity index (χ4n) is 3.99. The van der Waals surface area contributed by atoms with Gasteiger partial charge < -0.3 is 15.0 Å². The summed E-state index contributed by atoms with van der Waals surface area (Å²) < 4.78 is 40.5. The van der Waals surface area contributed by atoms with Crippen molar-refractivity contribution in [1.29, 1.82) is 0 Å². The van der Waals surface area contributed by atoms with E-state index in [1.54, 1.807) is 11.0 Å². The molecule has 2 aliphatic rings. The summed E-state index contributed by atoms with van der Waals surface area (Å²) >= 11 is 1.38. The van der Waals surface area contributed by atoms with Crippen LogP contribution in [0.15, 0.2) is 41.8 Å². The van der Waals surface area contributed by atoms with Crippen molar-refractivity contribution in [2.75, 3.05) is 6.54 Å². The topological polar surface area (TPSA) is 58.6 Å². The van der Waals surface area contributed by atoms with E-state index in [0.29, 0.717) is 23.4 Å². The number of halogens is 3. The summed E-state index contributed by atoms with van der Waals surface area (Å²) in [5.74, 6) is -0.478. The molecule has 0 spiro atoms. The number of hydrogen-bond acceptors (Lipinski definition) is 4. The van der Waals surface area contributed by atoms with E-state index in [-0.39, 0.29) is 35.6 Å². The van der Waals surface area contributed by atoms with Crippen LogP contribution in [0.3, 0.4) is 0 Å². The van der Waals surface area contributed by atoms with Crippen molar-refractivity contribution in [2.24, 2.45) is 5.92 Å². The number of ether oxygens (including phenoxy) is 1. The quantitative estimate of drug-likeness (QED) is 0.837. The molecule has 148 valence electrons. The van der Waals surface area contributed by atoms with Crippen LogP contribution >= 0.6 is 11.3 Å². The van der Waals surface area contributed by atoms with Gasteiger partial charge in [-0.05, 0) is 54.5 Å². The van der Waals surface area contributed by atoms with Gasteiger partial charge in [0.05, 0.1) is 4.88 Å². The van der Waals surface area contributed by atoms with Gasteiger partial charge in [-0.3, -0.25) is 9.59 Å². The number of benzene rings is 1. The Hall–Kier alpha value is -2.55. The summed E-state index contributed by atoms with van der Waals surface area (Å²) in [6.07, 6.45) is -3.26. The van der Waals surface area contributed by atoms with E-state index in [4.69, 9.17) is 0 Å². The fraction of sp³-hybridized carbons (Fsp3) is 0.368. The van der Waals surface area contributed by atoms with Crippen molar-refractivity contribution in [2.45, 2.75) is 31.3 Å². The summed E-state index contributed by atoms with van der Waals surface area (Å²) in [6.45, 7) is 0.527. The molecule has 1 aliphatic heterocycles. The molecule has 2 bridgehead atoms. The summed E-state index contributed by atoms with van der Waals surface area (Å²) in [6, 6.07) is 8.61. The molecule has 2 aromatic rings. The van der Waals surface area contributed by atoms with Crippen LogP contribution in [0.2, 0.25) is 0 Å². The van der Waals surface area contributed by atoms with Gasteiger partial charge in [0.1, 0.15) is 5.75 Å². The summed E-state index contributed by atoms with van der Waals surface area (Å²) in [5, 5.41) is 4.90. The third-order valence-corrected chi connectivity index (χ3v) is 6.07. The number of nitrogens with zero attached hydrogens (tertiary/aromatic N) is 1. The van der Waals surface area contributed by atoms with Crippen LogP contribution in [-0.4, -0.2) is 41.7 Å². The predicted octanol–water partition coefficient (Wildman–Crippen LogP) is 3.68. The lowest BCUT2D eigenvalue weighted by molar-refractivity contribution is -0.274. The first-order valence-electron chi connectivity index (χ1n) is 8.81. The third-order valence-electron chi connectivity index (χ3n) is 5.20. The number of nitrogens with one attached hydrogen (secondary N) is 1. The van der Waals surface area contributed by atoms with Crippen molar-refractivity contribution in [1.82, 2.24) is 10.2 Å². The van der Waals surface area contributed by atoms with E-state index in [1.165, 1.54) is 23.5 Å². The fourth-order valence-corrected chi connectivity index (χ4v) is 4.62. The number of likely N-dealkylation sites (tertiary alicyclic amines) is 1. The van der Waals surface area contributed by atoms with Crippen molar-refractivity contribution in [3.8, 4) is 5.75 Å². The lowest BCUT2D eigenvalue weighted by atomic mass is 10.0. The smallest absolute Gasteiger partial charge is 0.406 e. The molecule has 3 atom stereocenters. The van der Waals surface area contributed by atoms with Gasteiger partial charge in [0.25, 0.3) is 11.8 Å². The molecule has 1 saturated carbocycles. The zero-order valence-corrected chi connectivity index (χ0v) is 15.4. The number of rotatable bonds is 4. The Morgan fingerprint density at radius 1 is 1.14 bits per heavy atom. The minimum atomic E-state index is -4.76. The first-order chi connectivity index (χ1) is 13.3. The lowest BCUT2D eigenvalue weighted by Gasteiger charge is -2.32. The molecule has 1 aliphatic carbocycles. The highest BCUT2D eigenvalue weighted by Gasteiger charge is 2.47. The molecule has 1 N–H and O–H groups in total. The first kappa shape index (κ1) is 18.8. The average molecular weight is 410 g/mol. The van der Waals surface area contributed by atoms with Crippen molar-refractivity contribution < 1.29 is 27.5 Å². The molecule has 0 radical (unpaired) electrons. The molecule has 9 heteroatoms. The Balaban J connectivity index is 1.36. The molecule has 1 aromatic heterocycles. The predicted molar refractivity (Wildman–Crippen MR) is 96.2 cm³/mol. The van der Waals surface area contributed by atoms with Crippen molar-refractivity contribution in [3.63, 3.8) is 0 Å². The second kappa shape index (κ2) is 7.12. The highest BCUT2D eigenvalue weighted by Crippen LogP contribution is 2.39. The van der Waals surface area contributed by atoms with Crippen LogP contribution in [0.25, 0.3) is 0 Å². The highest BCUT2D eigenvalue weighted by atomic mass is 32.1. The summed E-state index contributed by atoms with van der Waals surface area (Å²) in [4.78, 5) is 27.4. The van der Waals surface area contributed by atoms with Crippen LogP contribution in [0.1, 0.15) is 32.9 Å². The largest absolute Gasteiger partial charge is 0.573 e. The van der Waals surface area contributed by atoms with E-state index in [9.17, 15) is 22.8 Å². The van der Waals surface area contributed by atoms with Crippen molar-refractivity contribution >= 4 is 23.2 Å². The maximum atomic E-state index is 12.7. The van der Waals surface area contributed by atoms with Gasteiger partial charge in [-0.1, -0.05) is 6.07 Å². The number of piperidine rings is 1. The molecule has 1 aromatic carbocycles. The standard InChI is InChI=1S/C19H17F3N2O3S/c20-19(21,22)27-14-5-3-11(4-6-14)18(26)24-10-12-8-13(24)9-15(12)23-17(25)16-2-1-7-28-16/h1-7,12-13,15H,8-10H2,(H,23,25)/t12-,13-,15-/m0/s1. The SMILES string of the molecule is O=C(N[C@H]1C[C@@H]2C[C@H]1CN2C(=O)c1ccc(OC(F)(F)F)cc1)c1cccs1. The summed E-state index contributed by atoms with van der Waals surface area (Å²) in [7, 11) is 0. The zero-order chi connectivity index (χ0) is 19.9. The Morgan fingerprint density at radius 3 is 2.46 bits per heavy atom. The van der Waals surface area contributed by atoms with Crippen LogP contribution < -0.4 is 10.1 Å². The second-order valence-corrected chi connectivity index (χ2v) is 7.92. The number of thiophene rings is 1. The Labute approximate surface area is 163 Å². The molecule has 1 saturated heterocycles. The van der Waals surface area contributed by atoms with Gasteiger partial charge in [0.2, 0.25) is 0 Å². The van der Waals surface area contributed by atoms with Gasteiger partial charge in [-0.2, -0.15) is 0 Å². The van der Waals surface area contributed by atoms with Crippen LogP contribution in [0.4, 0.5) is 13.2 Å². The van der Waals surface area contributed by atoms with Gasteiger partial charge in [-0.25, -0.2) is 0 Å². The van der Waals surface area contributed by atoms with Crippen LogP contribution in [0.5, 0.6) is 5.75 Å². The van der Waals surface area contributed by atoms with Gasteiger partial charge in [-0.15, -0.1) is 24.5 Å². The molecular formula is C19H17F3N2O3S. The van der Waals surface area contributed by atoms with E-state index in [0.717, 1.165) is 18.6 Å². The van der Waals surface area contributed by atoms with E-state index >= 15 is 0 Å². The number of hydrogen-bond donors (Lipinski definition) is 1. The minimum absolute atomic E-state index is 0.0252. The third kappa shape index (κ3) is 3.84. The van der Waals surface area contributed by atoms with Crippen molar-refractivity contribution in [3.05, 3.63) is 52.2 Å². The number of fused-ring (bicyclic) bond motifs is 2. The zero-order valence-electron chi connectivity index (χ0n) is 14.6. The van der Waals surface area contributed by atoms with Crippen LogP contribution in [-0.2, 0) is 0 Å². The Bertz CT molecular complexity index is 868. The van der Waals surface area contributed by atoms with Gasteiger partial charge >= 0.3 is 6.36 Å². The second-order valence-electron chi connectivity index (χ2n) is 6.97. The minimum Gasteiger partial charge on any atom is -0.406 e. The Kier molecular flexibility index (Phi) is 4.78. The molecule has 28 heavy (non-hydrogen) atoms. The Morgan fingerprint density at radius 2 is 1.89 bits per heavy atom. The summed E-state index contributed by atoms with van der Waals surface area (Å²) in [5.41, 5.74) is 0.321. The maximum Gasteiger partial charge on any atom is 0.573 e. The van der Waals surface area contributed by atoms with Crippen LogP contribution in [0, 0.1) is 5.92 Å². The average Bonchev–Trinajstić information content (AvgIpc) is 3.37. The molecule has 5 nitrogen and oxygen atoms in total. The number of carbonyl (C=O) groups is 2. The van der Waals surface area contributed by atoms with E-state index in [2.05, 4.69) is 10.1 Å². The lowest BCUT2D eigenvalue weighted by Crippen LogP contribution is -2.47. The molecular weight excluding hydrogens is 393 g/mol. The first-order valence-corrected chi connectivity index (χ1v) is 9.69. The normalized spacial score (nSPS) is 23.7. The number of alkyl halides is 3. The van der Waals surface area contributed by atoms with E-state index in [1.807, 2.05) is 11.4 Å². The number of carbonyl (C=O) groups excluding carboxylic acids is 2. The monoisotopic (exact) mass is 410 g/mol.